The molecule has 0 aliphatic heterocycles. The highest BCUT2D eigenvalue weighted by atomic mass is 79.9. The Balaban J connectivity index is 1.69. The molecule has 2 rings (SSSR count). The Labute approximate surface area is 127 Å². The zero-order valence-electron chi connectivity index (χ0n) is 11.0. The van der Waals surface area contributed by atoms with Gasteiger partial charge in [-0.3, -0.25) is 0 Å². The molecular formula is C16H18BrNS. The molecule has 0 spiro atoms. The Morgan fingerprint density at radius 3 is 2.74 bits per heavy atom. The van der Waals surface area contributed by atoms with Gasteiger partial charge < -0.3 is 5.32 Å². The van der Waals surface area contributed by atoms with E-state index in [0.29, 0.717) is 0 Å². The lowest BCUT2D eigenvalue weighted by Crippen LogP contribution is -2.04. The van der Waals surface area contributed by atoms with Crippen LogP contribution in [0.2, 0.25) is 0 Å². The van der Waals surface area contributed by atoms with Crippen molar-refractivity contribution < 1.29 is 0 Å². The van der Waals surface area contributed by atoms with E-state index in [9.17, 15) is 0 Å². The van der Waals surface area contributed by atoms with Gasteiger partial charge in [-0.15, -0.1) is 0 Å². The SMILES string of the molecule is Cc1ccccc1CSCCNc1cccc(Br)c1. The molecule has 0 saturated heterocycles. The average Bonchev–Trinajstić information content (AvgIpc) is 2.40. The fourth-order valence-corrected chi connectivity index (χ4v) is 3.15. The molecule has 100 valence electrons. The predicted octanol–water partition coefficient (Wildman–Crippen LogP) is 5.10. The summed E-state index contributed by atoms with van der Waals surface area (Å²) < 4.78 is 1.12. The van der Waals surface area contributed by atoms with Crippen LogP contribution in [0.5, 0.6) is 0 Å². The summed E-state index contributed by atoms with van der Waals surface area (Å²) in [4.78, 5) is 0. The molecule has 0 saturated carbocycles. The van der Waals surface area contributed by atoms with Crippen LogP contribution in [0, 0.1) is 6.92 Å². The number of halogens is 1. The van der Waals surface area contributed by atoms with Crippen LogP contribution in [0.4, 0.5) is 5.69 Å². The molecule has 0 fully saturated rings. The standard InChI is InChI=1S/C16H18BrNS/c1-13-5-2-3-6-14(13)12-19-10-9-18-16-8-4-7-15(17)11-16/h2-8,11,18H,9-10,12H2,1H3. The second-order valence-electron chi connectivity index (χ2n) is 4.42. The zero-order valence-corrected chi connectivity index (χ0v) is 13.4. The number of nitrogens with one attached hydrogen (secondary N) is 1. The molecule has 0 atom stereocenters. The van der Waals surface area contributed by atoms with Crippen molar-refractivity contribution in [2.75, 3.05) is 17.6 Å². The summed E-state index contributed by atoms with van der Waals surface area (Å²) >= 11 is 5.45. The highest BCUT2D eigenvalue weighted by molar-refractivity contribution is 9.10. The number of benzene rings is 2. The summed E-state index contributed by atoms with van der Waals surface area (Å²) in [6, 6.07) is 16.9. The Morgan fingerprint density at radius 1 is 1.11 bits per heavy atom. The summed E-state index contributed by atoms with van der Waals surface area (Å²) in [5.74, 6) is 2.20. The van der Waals surface area contributed by atoms with Gasteiger partial charge in [0, 0.05) is 28.2 Å². The molecule has 2 aromatic carbocycles. The lowest BCUT2D eigenvalue weighted by atomic mass is 10.1. The molecule has 1 nitrogen and oxygen atoms in total. The molecule has 3 heteroatoms. The van der Waals surface area contributed by atoms with Crippen LogP contribution in [0.15, 0.2) is 53.0 Å². The largest absolute Gasteiger partial charge is 0.384 e. The summed E-state index contributed by atoms with van der Waals surface area (Å²) in [6.45, 7) is 3.17. The zero-order chi connectivity index (χ0) is 13.5. The van der Waals surface area contributed by atoms with Crippen LogP contribution in [0.1, 0.15) is 11.1 Å². The first-order chi connectivity index (χ1) is 9.25. The molecule has 0 unspecified atom stereocenters. The van der Waals surface area contributed by atoms with Crippen LogP contribution in [0.25, 0.3) is 0 Å². The molecule has 0 radical (unpaired) electrons. The minimum absolute atomic E-state index is 0.993. The van der Waals surface area contributed by atoms with Gasteiger partial charge in [0.05, 0.1) is 0 Å². The van der Waals surface area contributed by atoms with Gasteiger partial charge in [0.1, 0.15) is 0 Å². The molecular weight excluding hydrogens is 318 g/mol. The lowest BCUT2D eigenvalue weighted by molar-refractivity contribution is 1.22. The van der Waals surface area contributed by atoms with Crippen molar-refractivity contribution in [3.05, 3.63) is 64.1 Å². The number of anilines is 1. The Kier molecular flexibility index (Phi) is 5.80. The van der Waals surface area contributed by atoms with E-state index < -0.39 is 0 Å². The summed E-state index contributed by atoms with van der Waals surface area (Å²) in [7, 11) is 0. The number of rotatable bonds is 6. The lowest BCUT2D eigenvalue weighted by Gasteiger charge is -2.08. The first-order valence-electron chi connectivity index (χ1n) is 6.37. The van der Waals surface area contributed by atoms with Crippen LogP contribution < -0.4 is 5.32 Å². The summed E-state index contributed by atoms with van der Waals surface area (Å²) in [6.07, 6.45) is 0. The maximum atomic E-state index is 3.48. The van der Waals surface area contributed by atoms with Gasteiger partial charge in [0.2, 0.25) is 0 Å². The van der Waals surface area contributed by atoms with Gasteiger partial charge in [-0.25, -0.2) is 0 Å². The number of aryl methyl sites for hydroxylation is 1. The van der Waals surface area contributed by atoms with Crippen molar-refractivity contribution >= 4 is 33.4 Å². The molecule has 0 aliphatic carbocycles. The molecule has 0 aromatic heterocycles. The molecule has 1 N–H and O–H groups in total. The number of thioether (sulfide) groups is 1. The van der Waals surface area contributed by atoms with E-state index in [1.54, 1.807) is 0 Å². The first kappa shape index (κ1) is 14.5. The Hall–Kier alpha value is -0.930. The highest BCUT2D eigenvalue weighted by Crippen LogP contribution is 2.17. The van der Waals surface area contributed by atoms with Crippen LogP contribution >= 0.6 is 27.7 Å². The molecule has 0 aliphatic rings. The van der Waals surface area contributed by atoms with E-state index in [4.69, 9.17) is 0 Å². The monoisotopic (exact) mass is 335 g/mol. The van der Waals surface area contributed by atoms with E-state index in [-0.39, 0.29) is 0 Å². The van der Waals surface area contributed by atoms with Gasteiger partial charge in [0.25, 0.3) is 0 Å². The first-order valence-corrected chi connectivity index (χ1v) is 8.32. The average molecular weight is 336 g/mol. The normalized spacial score (nSPS) is 10.4. The highest BCUT2D eigenvalue weighted by Gasteiger charge is 1.97. The van der Waals surface area contributed by atoms with Crippen LogP contribution in [-0.4, -0.2) is 12.3 Å². The van der Waals surface area contributed by atoms with Crippen LogP contribution in [-0.2, 0) is 5.75 Å². The Morgan fingerprint density at radius 2 is 1.95 bits per heavy atom. The predicted molar refractivity (Wildman–Crippen MR) is 90.0 cm³/mol. The summed E-state index contributed by atoms with van der Waals surface area (Å²) in [5.41, 5.74) is 4.00. The van der Waals surface area contributed by atoms with E-state index in [1.165, 1.54) is 16.8 Å². The van der Waals surface area contributed by atoms with Gasteiger partial charge in [0.15, 0.2) is 0 Å². The maximum Gasteiger partial charge on any atom is 0.0351 e. The van der Waals surface area contributed by atoms with E-state index in [2.05, 4.69) is 64.6 Å². The van der Waals surface area contributed by atoms with Crippen molar-refractivity contribution in [1.29, 1.82) is 0 Å². The third-order valence-corrected chi connectivity index (χ3v) is 4.42. The van der Waals surface area contributed by atoms with Crippen molar-refractivity contribution in [3.8, 4) is 0 Å². The third-order valence-electron chi connectivity index (χ3n) is 2.92. The molecule has 0 heterocycles. The minimum atomic E-state index is 0.993. The van der Waals surface area contributed by atoms with Crippen molar-refractivity contribution in [2.45, 2.75) is 12.7 Å². The maximum absolute atomic E-state index is 3.48. The van der Waals surface area contributed by atoms with Crippen LogP contribution in [0.3, 0.4) is 0 Å². The van der Waals surface area contributed by atoms with Gasteiger partial charge >= 0.3 is 0 Å². The third kappa shape index (κ3) is 4.92. The summed E-state index contributed by atoms with van der Waals surface area (Å²) in [5, 5.41) is 3.44. The van der Waals surface area contributed by atoms with Crippen molar-refractivity contribution in [2.24, 2.45) is 0 Å². The second kappa shape index (κ2) is 7.61. The van der Waals surface area contributed by atoms with Gasteiger partial charge in [-0.05, 0) is 36.2 Å². The van der Waals surface area contributed by atoms with Crippen molar-refractivity contribution in [3.63, 3.8) is 0 Å². The topological polar surface area (TPSA) is 12.0 Å². The van der Waals surface area contributed by atoms with Gasteiger partial charge in [-0.2, -0.15) is 11.8 Å². The fourth-order valence-electron chi connectivity index (χ4n) is 1.82. The van der Waals surface area contributed by atoms with E-state index in [1.807, 2.05) is 23.9 Å². The van der Waals surface area contributed by atoms with Gasteiger partial charge in [-0.1, -0.05) is 46.3 Å². The molecule has 19 heavy (non-hydrogen) atoms. The minimum Gasteiger partial charge on any atom is -0.384 e. The molecule has 0 bridgehead atoms. The Bertz CT molecular complexity index is 528. The number of hydrogen-bond donors (Lipinski definition) is 1. The van der Waals surface area contributed by atoms with E-state index in [0.717, 1.165) is 22.5 Å². The smallest absolute Gasteiger partial charge is 0.0351 e. The quantitative estimate of drug-likeness (QED) is 0.736. The van der Waals surface area contributed by atoms with E-state index >= 15 is 0 Å². The van der Waals surface area contributed by atoms with Crippen molar-refractivity contribution in [1.82, 2.24) is 0 Å². The molecule has 2 aromatic rings. The molecule has 0 amide bonds. The second-order valence-corrected chi connectivity index (χ2v) is 6.44. The fraction of sp³-hybridized carbons (Fsp3) is 0.250. The number of hydrogen-bond acceptors (Lipinski definition) is 2.